The number of Topliss-reactive ketones (excluding diaryl/α,β-unsaturated/α-hetero) is 1. The van der Waals surface area contributed by atoms with E-state index < -0.39 is 4.75 Å². The number of thioether (sulfide) groups is 1. The molecule has 0 N–H and O–H groups in total. The van der Waals surface area contributed by atoms with Crippen LogP contribution in [0.25, 0.3) is 6.08 Å². The van der Waals surface area contributed by atoms with Crippen molar-refractivity contribution in [3.05, 3.63) is 76.7 Å². The SMILES string of the molecule is CC1(C(=O)c2ccccc2)SC=Cc2ccccc21. The number of carbonyl (C=O) groups excluding carboxylic acids is 1. The molecule has 1 heterocycles. The van der Waals surface area contributed by atoms with Crippen LogP contribution in [0.1, 0.15) is 28.4 Å². The van der Waals surface area contributed by atoms with Gasteiger partial charge in [0.05, 0.1) is 0 Å². The fourth-order valence-electron chi connectivity index (χ4n) is 2.42. The van der Waals surface area contributed by atoms with Crippen LogP contribution in [0.5, 0.6) is 0 Å². The Kier molecular flexibility index (Phi) is 3.03. The van der Waals surface area contributed by atoms with Gasteiger partial charge in [-0.05, 0) is 29.5 Å². The van der Waals surface area contributed by atoms with E-state index in [1.54, 1.807) is 11.8 Å². The Bertz CT molecular complexity index is 645. The first-order valence-corrected chi connectivity index (χ1v) is 7.13. The van der Waals surface area contributed by atoms with Gasteiger partial charge in [0, 0.05) is 5.56 Å². The predicted molar refractivity (Wildman–Crippen MR) is 81.2 cm³/mol. The van der Waals surface area contributed by atoms with Crippen LogP contribution in [0.3, 0.4) is 0 Å². The van der Waals surface area contributed by atoms with E-state index in [1.165, 1.54) is 0 Å². The number of hydrogen-bond acceptors (Lipinski definition) is 2. The highest BCUT2D eigenvalue weighted by Crippen LogP contribution is 2.45. The molecule has 2 aromatic rings. The summed E-state index contributed by atoms with van der Waals surface area (Å²) in [5, 5.41) is 2.02. The zero-order valence-electron chi connectivity index (χ0n) is 10.7. The molecule has 19 heavy (non-hydrogen) atoms. The molecule has 2 heteroatoms. The van der Waals surface area contributed by atoms with Crippen LogP contribution < -0.4 is 0 Å². The zero-order chi connectivity index (χ0) is 13.3. The van der Waals surface area contributed by atoms with Crippen molar-refractivity contribution >= 4 is 23.6 Å². The van der Waals surface area contributed by atoms with Crippen LogP contribution >= 0.6 is 11.8 Å². The van der Waals surface area contributed by atoms with Crippen molar-refractivity contribution in [2.75, 3.05) is 0 Å². The Morgan fingerprint density at radius 3 is 2.47 bits per heavy atom. The first-order valence-electron chi connectivity index (χ1n) is 6.25. The first-order chi connectivity index (χ1) is 9.22. The van der Waals surface area contributed by atoms with Crippen molar-refractivity contribution in [2.45, 2.75) is 11.7 Å². The average molecular weight is 266 g/mol. The van der Waals surface area contributed by atoms with E-state index in [0.29, 0.717) is 0 Å². The van der Waals surface area contributed by atoms with Crippen molar-refractivity contribution in [1.29, 1.82) is 0 Å². The van der Waals surface area contributed by atoms with Gasteiger partial charge in [-0.3, -0.25) is 4.79 Å². The monoisotopic (exact) mass is 266 g/mol. The van der Waals surface area contributed by atoms with Crippen molar-refractivity contribution < 1.29 is 4.79 Å². The van der Waals surface area contributed by atoms with Gasteiger partial charge in [0.1, 0.15) is 4.75 Å². The highest BCUT2D eigenvalue weighted by Gasteiger charge is 2.38. The normalized spacial score (nSPS) is 20.9. The molecule has 0 radical (unpaired) electrons. The van der Waals surface area contributed by atoms with E-state index >= 15 is 0 Å². The highest BCUT2D eigenvalue weighted by molar-refractivity contribution is 8.04. The van der Waals surface area contributed by atoms with E-state index in [0.717, 1.165) is 16.7 Å². The molecule has 0 aliphatic carbocycles. The number of ketones is 1. The van der Waals surface area contributed by atoms with Crippen molar-refractivity contribution in [1.82, 2.24) is 0 Å². The molecule has 0 aromatic heterocycles. The third kappa shape index (κ3) is 2.02. The zero-order valence-corrected chi connectivity index (χ0v) is 11.5. The van der Waals surface area contributed by atoms with Crippen LogP contribution in [0, 0.1) is 0 Å². The largest absolute Gasteiger partial charge is 0.292 e. The first kappa shape index (κ1) is 12.2. The maximum Gasteiger partial charge on any atom is 0.183 e. The Morgan fingerprint density at radius 1 is 1.00 bits per heavy atom. The Morgan fingerprint density at radius 2 is 1.68 bits per heavy atom. The average Bonchev–Trinajstić information content (AvgIpc) is 2.48. The highest BCUT2D eigenvalue weighted by atomic mass is 32.2. The summed E-state index contributed by atoms with van der Waals surface area (Å²) in [5.74, 6) is 0.162. The molecule has 1 unspecified atom stereocenters. The smallest absolute Gasteiger partial charge is 0.183 e. The van der Waals surface area contributed by atoms with E-state index in [1.807, 2.05) is 60.9 Å². The van der Waals surface area contributed by atoms with Crippen LogP contribution in [-0.2, 0) is 4.75 Å². The Hall–Kier alpha value is -1.80. The molecular weight excluding hydrogens is 252 g/mol. The molecule has 1 atom stereocenters. The van der Waals surface area contributed by atoms with Crippen LogP contribution in [0.4, 0.5) is 0 Å². The maximum absolute atomic E-state index is 12.8. The van der Waals surface area contributed by atoms with E-state index in [9.17, 15) is 4.79 Å². The topological polar surface area (TPSA) is 17.1 Å². The van der Waals surface area contributed by atoms with E-state index in [-0.39, 0.29) is 5.78 Å². The van der Waals surface area contributed by atoms with Crippen molar-refractivity contribution in [3.8, 4) is 0 Å². The molecule has 0 saturated heterocycles. The summed E-state index contributed by atoms with van der Waals surface area (Å²) in [6.45, 7) is 2.01. The van der Waals surface area contributed by atoms with Gasteiger partial charge in [-0.2, -0.15) is 0 Å². The molecular formula is C17H14OS. The van der Waals surface area contributed by atoms with Crippen LogP contribution in [0.15, 0.2) is 60.0 Å². The molecule has 0 saturated carbocycles. The summed E-state index contributed by atoms with van der Waals surface area (Å²) < 4.78 is -0.535. The Balaban J connectivity index is 2.10. The molecule has 1 aliphatic heterocycles. The minimum atomic E-state index is -0.535. The summed E-state index contributed by atoms with van der Waals surface area (Å²) >= 11 is 1.58. The van der Waals surface area contributed by atoms with E-state index in [4.69, 9.17) is 0 Å². The van der Waals surface area contributed by atoms with E-state index in [2.05, 4.69) is 12.1 Å². The minimum absolute atomic E-state index is 0.162. The van der Waals surface area contributed by atoms with Gasteiger partial charge in [0.25, 0.3) is 0 Å². The third-order valence-corrected chi connectivity index (χ3v) is 4.64. The minimum Gasteiger partial charge on any atom is -0.292 e. The summed E-state index contributed by atoms with van der Waals surface area (Å²) in [7, 11) is 0. The van der Waals surface area contributed by atoms with Gasteiger partial charge in [-0.25, -0.2) is 0 Å². The summed E-state index contributed by atoms with van der Waals surface area (Å²) in [6.07, 6.45) is 2.07. The Labute approximate surface area is 117 Å². The second-order valence-electron chi connectivity index (χ2n) is 4.74. The lowest BCUT2D eigenvalue weighted by Gasteiger charge is -2.31. The number of carbonyl (C=O) groups is 1. The van der Waals surface area contributed by atoms with Gasteiger partial charge >= 0.3 is 0 Å². The van der Waals surface area contributed by atoms with Crippen molar-refractivity contribution in [3.63, 3.8) is 0 Å². The standard InChI is InChI=1S/C17H14OS/c1-17(16(18)14-8-3-2-4-9-14)15-10-6-5-7-13(15)11-12-19-17/h2-12H,1H3. The molecule has 0 spiro atoms. The predicted octanol–water partition coefficient (Wildman–Crippen LogP) is 4.50. The molecule has 94 valence electrons. The number of rotatable bonds is 2. The second-order valence-corrected chi connectivity index (χ2v) is 6.06. The molecule has 2 aromatic carbocycles. The van der Waals surface area contributed by atoms with Crippen molar-refractivity contribution in [2.24, 2.45) is 0 Å². The summed E-state index contributed by atoms with van der Waals surface area (Å²) in [4.78, 5) is 12.8. The molecule has 1 aliphatic rings. The number of hydrogen-bond donors (Lipinski definition) is 0. The molecule has 1 nitrogen and oxygen atoms in total. The van der Waals surface area contributed by atoms with Crippen LogP contribution in [0.2, 0.25) is 0 Å². The van der Waals surface area contributed by atoms with Gasteiger partial charge < -0.3 is 0 Å². The number of benzene rings is 2. The third-order valence-electron chi connectivity index (χ3n) is 3.50. The van der Waals surface area contributed by atoms with Gasteiger partial charge in [-0.1, -0.05) is 54.6 Å². The lowest BCUT2D eigenvalue weighted by atomic mass is 9.88. The number of fused-ring (bicyclic) bond motifs is 1. The summed E-state index contributed by atoms with van der Waals surface area (Å²) in [5.41, 5.74) is 2.99. The maximum atomic E-state index is 12.8. The molecule has 0 bridgehead atoms. The van der Waals surface area contributed by atoms with Gasteiger partial charge in [-0.15, -0.1) is 11.8 Å². The molecule has 0 amide bonds. The fourth-order valence-corrected chi connectivity index (χ4v) is 3.45. The fraction of sp³-hybridized carbons (Fsp3) is 0.118. The van der Waals surface area contributed by atoms with Crippen LogP contribution in [-0.4, -0.2) is 5.78 Å². The lowest BCUT2D eigenvalue weighted by Crippen LogP contribution is -2.30. The summed E-state index contributed by atoms with van der Waals surface area (Å²) in [6, 6.07) is 17.6. The molecule has 0 fully saturated rings. The van der Waals surface area contributed by atoms with Gasteiger partial charge in [0.2, 0.25) is 0 Å². The lowest BCUT2D eigenvalue weighted by molar-refractivity contribution is 0.0950. The molecule has 3 rings (SSSR count). The second kappa shape index (κ2) is 4.71. The quantitative estimate of drug-likeness (QED) is 0.744. The van der Waals surface area contributed by atoms with Gasteiger partial charge in [0.15, 0.2) is 5.78 Å².